The van der Waals surface area contributed by atoms with E-state index in [0.717, 1.165) is 0 Å². The molecular weight excluding hydrogens is 276 g/mol. The van der Waals surface area contributed by atoms with E-state index in [4.69, 9.17) is 0 Å². The number of fused-ring (bicyclic) bond motifs is 1. The van der Waals surface area contributed by atoms with Crippen molar-refractivity contribution in [3.05, 3.63) is 95.6 Å². The van der Waals surface area contributed by atoms with Gasteiger partial charge in [-0.15, -0.1) is 0 Å². The fourth-order valence-corrected chi connectivity index (χ4v) is 2.82. The maximum absolute atomic E-state index is 2.22. The van der Waals surface area contributed by atoms with Gasteiger partial charge in [-0.25, -0.2) is 0 Å². The topological polar surface area (TPSA) is 0 Å². The van der Waals surface area contributed by atoms with Crippen molar-refractivity contribution in [3.8, 4) is 0 Å². The predicted molar refractivity (Wildman–Crippen MR) is 102 cm³/mol. The molecule has 0 saturated carbocycles. The molecule has 3 aromatic rings. The van der Waals surface area contributed by atoms with Crippen molar-refractivity contribution in [1.29, 1.82) is 0 Å². The largest absolute Gasteiger partial charge is 0.0616 e. The fourth-order valence-electron chi connectivity index (χ4n) is 2.82. The van der Waals surface area contributed by atoms with Crippen molar-refractivity contribution in [3.63, 3.8) is 0 Å². The number of benzene rings is 3. The molecule has 114 valence electrons. The third kappa shape index (κ3) is 3.43. The minimum Gasteiger partial charge on any atom is -0.0616 e. The van der Waals surface area contributed by atoms with Gasteiger partial charge in [0.1, 0.15) is 0 Å². The molecule has 0 aliphatic heterocycles. The first-order valence-corrected chi connectivity index (χ1v) is 8.05. The van der Waals surface area contributed by atoms with Crippen LogP contribution in [0.25, 0.3) is 21.9 Å². The highest BCUT2D eigenvalue weighted by atomic mass is 14.1. The second-order valence-corrected chi connectivity index (χ2v) is 6.09. The molecule has 0 unspecified atom stereocenters. The highest BCUT2D eigenvalue weighted by molar-refractivity contribution is 5.93. The van der Waals surface area contributed by atoms with Gasteiger partial charge in [0.25, 0.3) is 0 Å². The van der Waals surface area contributed by atoms with Crippen LogP contribution in [0.15, 0.2) is 78.9 Å². The Kier molecular flexibility index (Phi) is 4.43. The van der Waals surface area contributed by atoms with Crippen LogP contribution in [0.3, 0.4) is 0 Å². The number of allylic oxidation sites excluding steroid dienone is 4. The summed E-state index contributed by atoms with van der Waals surface area (Å²) < 4.78 is 0. The van der Waals surface area contributed by atoms with Crippen molar-refractivity contribution in [2.75, 3.05) is 0 Å². The lowest BCUT2D eigenvalue weighted by atomic mass is 9.98. The predicted octanol–water partition coefficient (Wildman–Crippen LogP) is 6.66. The fraction of sp³-hybridized carbons (Fsp3) is 0.130. The van der Waals surface area contributed by atoms with E-state index < -0.39 is 0 Å². The first-order valence-electron chi connectivity index (χ1n) is 8.05. The van der Waals surface area contributed by atoms with Gasteiger partial charge in [-0.3, -0.25) is 0 Å². The Hall–Kier alpha value is -2.60. The molecule has 0 heterocycles. The van der Waals surface area contributed by atoms with Crippen molar-refractivity contribution in [2.45, 2.75) is 20.8 Å². The van der Waals surface area contributed by atoms with Crippen molar-refractivity contribution < 1.29 is 0 Å². The summed E-state index contributed by atoms with van der Waals surface area (Å²) in [5, 5.41) is 2.60. The van der Waals surface area contributed by atoms with Gasteiger partial charge in [-0.1, -0.05) is 84.4 Å². The van der Waals surface area contributed by atoms with Crippen LogP contribution in [0.2, 0.25) is 0 Å². The summed E-state index contributed by atoms with van der Waals surface area (Å²) in [4.78, 5) is 0. The summed E-state index contributed by atoms with van der Waals surface area (Å²) >= 11 is 0. The molecule has 0 aromatic heterocycles. The molecule has 0 atom stereocenters. The molecule has 3 rings (SSSR count). The summed E-state index contributed by atoms with van der Waals surface area (Å²) in [5.41, 5.74) is 6.44. The first-order chi connectivity index (χ1) is 11.1. The van der Waals surface area contributed by atoms with Gasteiger partial charge in [0.15, 0.2) is 0 Å². The average molecular weight is 298 g/mol. The normalized spacial score (nSPS) is 12.7. The minimum absolute atomic E-state index is 1.28. The van der Waals surface area contributed by atoms with Gasteiger partial charge in [0.2, 0.25) is 0 Å². The average Bonchev–Trinajstić information content (AvgIpc) is 2.59. The number of aryl methyl sites for hydroxylation is 1. The summed E-state index contributed by atoms with van der Waals surface area (Å²) in [5.74, 6) is 0. The monoisotopic (exact) mass is 298 g/mol. The van der Waals surface area contributed by atoms with Gasteiger partial charge in [-0.05, 0) is 53.8 Å². The molecular formula is C23H22. The maximum atomic E-state index is 2.22. The van der Waals surface area contributed by atoms with Crippen LogP contribution in [0.4, 0.5) is 0 Å². The molecule has 0 radical (unpaired) electrons. The summed E-state index contributed by atoms with van der Waals surface area (Å²) in [6.07, 6.45) is 4.43. The van der Waals surface area contributed by atoms with Crippen LogP contribution in [-0.2, 0) is 0 Å². The molecule has 0 aliphatic carbocycles. The number of hydrogen-bond donors (Lipinski definition) is 0. The van der Waals surface area contributed by atoms with E-state index in [1.54, 1.807) is 0 Å². The molecule has 0 aliphatic rings. The zero-order chi connectivity index (χ0) is 16.2. The number of hydrogen-bond acceptors (Lipinski definition) is 0. The lowest BCUT2D eigenvalue weighted by Crippen LogP contribution is -1.83. The van der Waals surface area contributed by atoms with E-state index in [0.29, 0.717) is 0 Å². The molecule has 0 spiro atoms. The van der Waals surface area contributed by atoms with Crippen LogP contribution < -0.4 is 0 Å². The Labute approximate surface area is 138 Å². The molecule has 0 nitrogen and oxygen atoms in total. The SMILES string of the molecule is C/C(=C\C=C(/C)c1cccc2ccccc12)c1ccc(C)cc1. The van der Waals surface area contributed by atoms with Gasteiger partial charge in [0, 0.05) is 0 Å². The van der Waals surface area contributed by atoms with Gasteiger partial charge >= 0.3 is 0 Å². The van der Waals surface area contributed by atoms with Crippen molar-refractivity contribution in [1.82, 2.24) is 0 Å². The van der Waals surface area contributed by atoms with Gasteiger partial charge < -0.3 is 0 Å². The Morgan fingerprint density at radius 2 is 1.35 bits per heavy atom. The third-order valence-corrected chi connectivity index (χ3v) is 4.30. The second kappa shape index (κ2) is 6.66. The molecule has 23 heavy (non-hydrogen) atoms. The van der Waals surface area contributed by atoms with E-state index in [9.17, 15) is 0 Å². The zero-order valence-corrected chi connectivity index (χ0v) is 14.0. The van der Waals surface area contributed by atoms with E-state index in [1.807, 2.05) is 0 Å². The van der Waals surface area contributed by atoms with Crippen LogP contribution in [0, 0.1) is 6.92 Å². The lowest BCUT2D eigenvalue weighted by Gasteiger charge is -2.07. The zero-order valence-electron chi connectivity index (χ0n) is 14.0. The standard InChI is InChI=1S/C23H22/c1-17-11-15-20(16-12-17)18(2)13-14-19(3)22-10-6-8-21-7-4-5-9-23(21)22/h4-16H,1-3H3/b18-13+,19-14+. The van der Waals surface area contributed by atoms with Crippen LogP contribution in [-0.4, -0.2) is 0 Å². The van der Waals surface area contributed by atoms with E-state index >= 15 is 0 Å². The third-order valence-electron chi connectivity index (χ3n) is 4.30. The molecule has 0 fully saturated rings. The molecule has 0 saturated heterocycles. The molecule has 3 aromatic carbocycles. The minimum atomic E-state index is 1.28. The molecule has 0 amide bonds. The van der Waals surface area contributed by atoms with E-state index in [2.05, 4.69) is 99.7 Å². The summed E-state index contributed by atoms with van der Waals surface area (Å²) in [6.45, 7) is 6.46. The number of rotatable bonds is 3. The Morgan fingerprint density at radius 1 is 0.696 bits per heavy atom. The van der Waals surface area contributed by atoms with Crippen LogP contribution in [0.5, 0.6) is 0 Å². The van der Waals surface area contributed by atoms with Crippen molar-refractivity contribution >= 4 is 21.9 Å². The Balaban J connectivity index is 1.95. The van der Waals surface area contributed by atoms with E-state index in [1.165, 1.54) is 38.6 Å². The highest BCUT2D eigenvalue weighted by Gasteiger charge is 2.01. The molecule has 0 bridgehead atoms. The second-order valence-electron chi connectivity index (χ2n) is 6.09. The van der Waals surface area contributed by atoms with Gasteiger partial charge in [0.05, 0.1) is 0 Å². The summed E-state index contributed by atoms with van der Waals surface area (Å²) in [7, 11) is 0. The van der Waals surface area contributed by atoms with E-state index in [-0.39, 0.29) is 0 Å². The maximum Gasteiger partial charge on any atom is -0.0109 e. The van der Waals surface area contributed by atoms with Crippen LogP contribution in [0.1, 0.15) is 30.5 Å². The first kappa shape index (κ1) is 15.3. The molecule has 0 N–H and O–H groups in total. The van der Waals surface area contributed by atoms with Gasteiger partial charge in [-0.2, -0.15) is 0 Å². The smallest absolute Gasteiger partial charge is 0.0109 e. The van der Waals surface area contributed by atoms with Crippen molar-refractivity contribution in [2.24, 2.45) is 0 Å². The Morgan fingerprint density at radius 3 is 2.13 bits per heavy atom. The quantitative estimate of drug-likeness (QED) is 0.474. The van der Waals surface area contributed by atoms with Crippen LogP contribution >= 0.6 is 0 Å². The highest BCUT2D eigenvalue weighted by Crippen LogP contribution is 2.25. The lowest BCUT2D eigenvalue weighted by molar-refractivity contribution is 1.44. The summed E-state index contributed by atoms with van der Waals surface area (Å²) in [6, 6.07) is 23.7. The Bertz CT molecular complexity index is 872. The molecule has 0 heteroatoms.